The van der Waals surface area contributed by atoms with Crippen molar-refractivity contribution in [2.75, 3.05) is 20.3 Å². The number of amides is 1. The van der Waals surface area contributed by atoms with E-state index in [1.54, 1.807) is 0 Å². The number of halogens is 2. The lowest BCUT2D eigenvalue weighted by Gasteiger charge is -2.24. The number of carbonyl (C=O) groups is 1. The van der Waals surface area contributed by atoms with E-state index in [1.165, 1.54) is 68.1 Å². The first kappa shape index (κ1) is 26.4. The molecule has 0 fully saturated rings. The van der Waals surface area contributed by atoms with Crippen LogP contribution < -0.4 is 16.8 Å². The van der Waals surface area contributed by atoms with Crippen LogP contribution in [0, 0.1) is 17.0 Å². The van der Waals surface area contributed by atoms with Gasteiger partial charge in [0.05, 0.1) is 30.5 Å². The van der Waals surface area contributed by atoms with Gasteiger partial charge in [0.1, 0.15) is 17.7 Å². The minimum atomic E-state index is -0.778. The van der Waals surface area contributed by atoms with Gasteiger partial charge in [-0.2, -0.15) is 0 Å². The SMILES string of the molecule is CO[C@H](CO)[C@@H](CN=CC=CN)NC(=O)c1cccc(F)c1C(N)=CC(=N)c1ccc(F)cc1. The molecule has 0 unspecified atom stereocenters. The Kier molecular flexibility index (Phi) is 10.1. The number of carbonyl (C=O) groups excluding carboxylic acids is 1. The summed E-state index contributed by atoms with van der Waals surface area (Å²) in [5.74, 6) is -1.90. The molecule has 180 valence electrons. The van der Waals surface area contributed by atoms with Crippen LogP contribution in [0.25, 0.3) is 5.70 Å². The summed E-state index contributed by atoms with van der Waals surface area (Å²) in [5.41, 5.74) is 11.2. The summed E-state index contributed by atoms with van der Waals surface area (Å²) in [5, 5.41) is 20.5. The molecule has 0 spiro atoms. The van der Waals surface area contributed by atoms with E-state index in [4.69, 9.17) is 21.6 Å². The number of ether oxygens (including phenoxy) is 1. The predicted octanol–water partition coefficient (Wildman–Crippen LogP) is 1.98. The van der Waals surface area contributed by atoms with E-state index in [2.05, 4.69) is 10.3 Å². The largest absolute Gasteiger partial charge is 0.405 e. The van der Waals surface area contributed by atoms with Crippen molar-refractivity contribution in [3.8, 4) is 0 Å². The lowest BCUT2D eigenvalue weighted by molar-refractivity contribution is 0.0237. The fourth-order valence-electron chi connectivity index (χ4n) is 3.10. The van der Waals surface area contributed by atoms with Crippen LogP contribution in [0.5, 0.6) is 0 Å². The van der Waals surface area contributed by atoms with Gasteiger partial charge >= 0.3 is 0 Å². The third-order valence-corrected chi connectivity index (χ3v) is 4.85. The van der Waals surface area contributed by atoms with Crippen LogP contribution in [-0.4, -0.2) is 55.3 Å². The number of nitrogens with zero attached hydrogens (tertiary/aromatic N) is 1. The van der Waals surface area contributed by atoms with Crippen molar-refractivity contribution in [2.45, 2.75) is 12.1 Å². The fraction of sp³-hybridized carbons (Fsp3) is 0.208. The van der Waals surface area contributed by atoms with Crippen LogP contribution >= 0.6 is 0 Å². The minimum absolute atomic E-state index is 0.0559. The summed E-state index contributed by atoms with van der Waals surface area (Å²) in [6, 6.07) is 8.29. The minimum Gasteiger partial charge on any atom is -0.405 e. The van der Waals surface area contributed by atoms with Gasteiger partial charge in [-0.15, -0.1) is 0 Å². The Morgan fingerprint density at radius 3 is 2.59 bits per heavy atom. The molecule has 1 amide bonds. The van der Waals surface area contributed by atoms with Crippen molar-refractivity contribution in [2.24, 2.45) is 16.5 Å². The average Bonchev–Trinajstić information content (AvgIpc) is 2.82. The van der Waals surface area contributed by atoms with E-state index in [1.807, 2.05) is 0 Å². The van der Waals surface area contributed by atoms with Gasteiger partial charge in [-0.05, 0) is 60.3 Å². The van der Waals surface area contributed by atoms with Crippen LogP contribution in [0.4, 0.5) is 8.78 Å². The lowest BCUT2D eigenvalue weighted by atomic mass is 10.00. The summed E-state index contributed by atoms with van der Waals surface area (Å²) < 4.78 is 33.1. The maximum Gasteiger partial charge on any atom is 0.252 e. The highest BCUT2D eigenvalue weighted by molar-refractivity contribution is 6.11. The Morgan fingerprint density at radius 2 is 1.97 bits per heavy atom. The molecule has 0 aliphatic rings. The molecule has 0 aliphatic heterocycles. The first-order valence-electron chi connectivity index (χ1n) is 10.2. The topological polar surface area (TPSA) is 147 Å². The van der Waals surface area contributed by atoms with Gasteiger partial charge in [0.15, 0.2) is 0 Å². The van der Waals surface area contributed by atoms with Crippen molar-refractivity contribution in [3.05, 3.63) is 89.1 Å². The van der Waals surface area contributed by atoms with Crippen molar-refractivity contribution in [1.29, 1.82) is 5.41 Å². The highest BCUT2D eigenvalue weighted by Crippen LogP contribution is 2.21. The number of rotatable bonds is 11. The number of aliphatic hydroxyl groups excluding tert-OH is 1. The smallest absolute Gasteiger partial charge is 0.252 e. The molecule has 0 saturated carbocycles. The third-order valence-electron chi connectivity index (χ3n) is 4.85. The number of methoxy groups -OCH3 is 1. The molecular formula is C24H27F2N5O3. The standard InChI is InChI=1S/C24H27F2N5O3/c1-34-22(14-32)21(13-30-11-3-10-27)31-24(33)17-4-2-5-18(26)23(17)20(29)12-19(28)15-6-8-16(25)9-7-15/h2-12,21-22,28,32H,13-14,27,29H2,1H3,(H,31,33)/t21-,22-/m1/s1. The summed E-state index contributed by atoms with van der Waals surface area (Å²) in [7, 11) is 1.37. The predicted molar refractivity (Wildman–Crippen MR) is 128 cm³/mol. The molecule has 7 N–H and O–H groups in total. The van der Waals surface area contributed by atoms with Gasteiger partial charge in [-0.1, -0.05) is 6.07 Å². The highest BCUT2D eigenvalue weighted by Gasteiger charge is 2.25. The monoisotopic (exact) mass is 471 g/mol. The maximum absolute atomic E-state index is 14.8. The molecule has 0 heterocycles. The average molecular weight is 472 g/mol. The Labute approximate surface area is 196 Å². The number of hydrogen-bond donors (Lipinski definition) is 5. The van der Waals surface area contributed by atoms with Gasteiger partial charge in [0, 0.05) is 24.6 Å². The van der Waals surface area contributed by atoms with Crippen LogP contribution in [0.3, 0.4) is 0 Å². The van der Waals surface area contributed by atoms with E-state index < -0.39 is 36.3 Å². The quantitative estimate of drug-likeness (QED) is 0.318. The summed E-state index contributed by atoms with van der Waals surface area (Å²) in [4.78, 5) is 17.2. The second-order valence-electron chi connectivity index (χ2n) is 7.12. The normalized spacial score (nSPS) is 13.8. The number of aliphatic hydroxyl groups is 1. The molecule has 0 radical (unpaired) electrons. The molecular weight excluding hydrogens is 444 g/mol. The van der Waals surface area contributed by atoms with Crippen molar-refractivity contribution in [3.63, 3.8) is 0 Å². The molecule has 8 nitrogen and oxygen atoms in total. The number of nitrogens with one attached hydrogen (secondary N) is 2. The number of allylic oxidation sites excluding steroid dienone is 2. The number of benzene rings is 2. The van der Waals surface area contributed by atoms with Gasteiger partial charge < -0.3 is 32.0 Å². The van der Waals surface area contributed by atoms with Crippen LogP contribution in [-0.2, 0) is 4.74 Å². The Bertz CT molecular complexity index is 1080. The maximum atomic E-state index is 14.8. The summed E-state index contributed by atoms with van der Waals surface area (Å²) in [6.07, 6.45) is 4.62. The number of aliphatic imine (C=N–C) groups is 1. The number of nitrogens with two attached hydrogens (primary N) is 2. The first-order valence-corrected chi connectivity index (χ1v) is 10.2. The molecule has 2 aromatic carbocycles. The Morgan fingerprint density at radius 1 is 1.26 bits per heavy atom. The van der Waals surface area contributed by atoms with Crippen molar-refractivity contribution >= 4 is 23.5 Å². The van der Waals surface area contributed by atoms with Crippen LogP contribution in [0.2, 0.25) is 0 Å². The Hall–Kier alpha value is -3.89. The van der Waals surface area contributed by atoms with Gasteiger partial charge in [-0.25, -0.2) is 8.78 Å². The van der Waals surface area contributed by atoms with Gasteiger partial charge in [0.25, 0.3) is 5.91 Å². The second kappa shape index (κ2) is 13.0. The second-order valence-corrected chi connectivity index (χ2v) is 7.12. The third kappa shape index (κ3) is 7.06. The lowest BCUT2D eigenvalue weighted by Crippen LogP contribution is -2.48. The van der Waals surface area contributed by atoms with Crippen LogP contribution in [0.1, 0.15) is 21.5 Å². The van der Waals surface area contributed by atoms with Crippen molar-refractivity contribution < 1.29 is 23.4 Å². The first-order chi connectivity index (χ1) is 16.3. The molecule has 0 saturated heterocycles. The molecule has 0 bridgehead atoms. The zero-order valence-electron chi connectivity index (χ0n) is 18.5. The van der Waals surface area contributed by atoms with Crippen molar-refractivity contribution in [1.82, 2.24) is 5.32 Å². The van der Waals surface area contributed by atoms with Gasteiger partial charge in [0.2, 0.25) is 0 Å². The van der Waals surface area contributed by atoms with E-state index in [0.29, 0.717) is 5.56 Å². The summed E-state index contributed by atoms with van der Waals surface area (Å²) >= 11 is 0. The molecule has 10 heteroatoms. The molecule has 0 aliphatic carbocycles. The molecule has 2 rings (SSSR count). The molecule has 2 aromatic rings. The molecule has 34 heavy (non-hydrogen) atoms. The zero-order chi connectivity index (χ0) is 25.1. The van der Waals surface area contributed by atoms with E-state index >= 15 is 0 Å². The number of hydrogen-bond acceptors (Lipinski definition) is 7. The van der Waals surface area contributed by atoms with E-state index in [0.717, 1.165) is 6.07 Å². The van der Waals surface area contributed by atoms with Gasteiger partial charge in [-0.3, -0.25) is 9.79 Å². The zero-order valence-corrected chi connectivity index (χ0v) is 18.5. The summed E-state index contributed by atoms with van der Waals surface area (Å²) in [6.45, 7) is -0.336. The fourth-order valence-corrected chi connectivity index (χ4v) is 3.10. The van der Waals surface area contributed by atoms with E-state index in [-0.39, 0.29) is 29.1 Å². The Balaban J connectivity index is 2.35. The molecule has 2 atom stereocenters. The highest BCUT2D eigenvalue weighted by atomic mass is 19.1. The van der Waals surface area contributed by atoms with E-state index in [9.17, 15) is 18.7 Å². The van der Waals surface area contributed by atoms with Crippen LogP contribution in [0.15, 0.2) is 65.8 Å². The molecule has 0 aromatic heterocycles.